The highest BCUT2D eigenvalue weighted by Crippen LogP contribution is 2.29. The van der Waals surface area contributed by atoms with Gasteiger partial charge in [0.1, 0.15) is 0 Å². The Hall–Kier alpha value is -4.08. The minimum atomic E-state index is -1.28. The number of nitrogens with zero attached hydrogens (tertiary/aromatic N) is 2. The molecule has 0 N–H and O–H groups in total. The summed E-state index contributed by atoms with van der Waals surface area (Å²) in [5.41, 5.74) is 7.77. The molecule has 174 valence electrons. The summed E-state index contributed by atoms with van der Waals surface area (Å²) in [6.07, 6.45) is 3.86. The van der Waals surface area contributed by atoms with Crippen LogP contribution < -0.4 is 5.19 Å². The molecule has 6 rings (SSSR count). The van der Waals surface area contributed by atoms with E-state index in [9.17, 15) is 0 Å². The maximum atomic E-state index is 4.75. The minimum absolute atomic E-state index is 0.933. The Balaban J connectivity index is 1.27. The van der Waals surface area contributed by atoms with Crippen molar-refractivity contribution in [3.05, 3.63) is 116 Å². The van der Waals surface area contributed by atoms with Gasteiger partial charge in [0.05, 0.1) is 19.3 Å². The molecule has 0 aliphatic rings. The molecule has 0 unspecified atom stereocenters. The minimum Gasteiger partial charge on any atom is -0.256 e. The second-order valence-electron chi connectivity index (χ2n) is 10.5. The molecule has 0 amide bonds. The zero-order valence-electron chi connectivity index (χ0n) is 20.9. The van der Waals surface area contributed by atoms with Gasteiger partial charge in [0.25, 0.3) is 0 Å². The fourth-order valence-electron chi connectivity index (χ4n) is 4.71. The molecule has 0 spiro atoms. The first-order valence-corrected chi connectivity index (χ1v) is 15.9. The van der Waals surface area contributed by atoms with Crippen molar-refractivity contribution < 1.29 is 0 Å². The Morgan fingerprint density at radius 2 is 1.06 bits per heavy atom. The van der Waals surface area contributed by atoms with E-state index in [4.69, 9.17) is 4.98 Å². The summed E-state index contributed by atoms with van der Waals surface area (Å²) >= 11 is 0. The van der Waals surface area contributed by atoms with Gasteiger partial charge in [-0.1, -0.05) is 97.6 Å². The molecule has 36 heavy (non-hydrogen) atoms. The topological polar surface area (TPSA) is 25.8 Å². The summed E-state index contributed by atoms with van der Waals surface area (Å²) in [6.45, 7) is 7.16. The molecule has 2 nitrogen and oxygen atoms in total. The van der Waals surface area contributed by atoms with Crippen molar-refractivity contribution in [2.45, 2.75) is 19.6 Å². The van der Waals surface area contributed by atoms with Crippen molar-refractivity contribution in [1.82, 2.24) is 9.97 Å². The summed E-state index contributed by atoms with van der Waals surface area (Å²) in [5, 5.41) is 5.10. The van der Waals surface area contributed by atoms with E-state index in [1.54, 1.807) is 0 Å². The molecule has 0 atom stereocenters. The SMILES string of the molecule is C[Si](C)(C)c1ccc(-c2ccc3cc(-c4ccc(-c5cnc6ccccc6c5)nc4)ccc3c2)cc1. The molecule has 0 saturated carbocycles. The second kappa shape index (κ2) is 8.85. The maximum absolute atomic E-state index is 4.75. The van der Waals surface area contributed by atoms with E-state index in [1.807, 2.05) is 30.6 Å². The third-order valence-corrected chi connectivity index (χ3v) is 8.97. The molecular formula is C33H28N2Si. The van der Waals surface area contributed by atoms with Crippen LogP contribution in [0.15, 0.2) is 116 Å². The molecule has 2 aromatic heterocycles. The zero-order chi connectivity index (χ0) is 24.7. The van der Waals surface area contributed by atoms with Crippen LogP contribution in [0.3, 0.4) is 0 Å². The van der Waals surface area contributed by atoms with Crippen LogP contribution in [0.4, 0.5) is 0 Å². The average Bonchev–Trinajstić information content (AvgIpc) is 2.92. The van der Waals surface area contributed by atoms with Gasteiger partial charge < -0.3 is 0 Å². The predicted octanol–water partition coefficient (Wildman–Crippen LogP) is 8.33. The van der Waals surface area contributed by atoms with Crippen LogP contribution in [0.25, 0.3) is 55.2 Å². The number of aromatic nitrogens is 2. The lowest BCUT2D eigenvalue weighted by molar-refractivity contribution is 1.31. The van der Waals surface area contributed by atoms with Gasteiger partial charge >= 0.3 is 0 Å². The lowest BCUT2D eigenvalue weighted by atomic mass is 9.98. The Kier molecular flexibility index (Phi) is 5.50. The molecule has 0 bridgehead atoms. The molecule has 6 aromatic rings. The third kappa shape index (κ3) is 4.34. The third-order valence-electron chi connectivity index (χ3n) is 6.91. The van der Waals surface area contributed by atoms with Crippen LogP contribution in [-0.4, -0.2) is 18.0 Å². The van der Waals surface area contributed by atoms with Crippen molar-refractivity contribution in [2.75, 3.05) is 0 Å². The van der Waals surface area contributed by atoms with Crippen molar-refractivity contribution in [2.24, 2.45) is 0 Å². The Morgan fingerprint density at radius 3 is 1.72 bits per heavy atom. The zero-order valence-corrected chi connectivity index (χ0v) is 21.9. The van der Waals surface area contributed by atoms with Gasteiger partial charge in [-0.2, -0.15) is 0 Å². The van der Waals surface area contributed by atoms with Gasteiger partial charge in [-0.05, 0) is 57.8 Å². The molecule has 0 fully saturated rings. The second-order valence-corrected chi connectivity index (χ2v) is 15.5. The summed E-state index contributed by atoms with van der Waals surface area (Å²) < 4.78 is 0. The van der Waals surface area contributed by atoms with Crippen LogP contribution in [0.5, 0.6) is 0 Å². The fraction of sp³-hybridized carbons (Fsp3) is 0.0909. The van der Waals surface area contributed by atoms with Gasteiger partial charge in [-0.15, -0.1) is 0 Å². The number of fused-ring (bicyclic) bond motifs is 2. The average molecular weight is 481 g/mol. The maximum Gasteiger partial charge on any atom is 0.0775 e. The largest absolute Gasteiger partial charge is 0.256 e. The van der Waals surface area contributed by atoms with Crippen molar-refractivity contribution in [1.29, 1.82) is 0 Å². The van der Waals surface area contributed by atoms with Gasteiger partial charge in [-0.25, -0.2) is 0 Å². The van der Waals surface area contributed by atoms with E-state index in [0.29, 0.717) is 0 Å². The van der Waals surface area contributed by atoms with Crippen LogP contribution in [-0.2, 0) is 0 Å². The lowest BCUT2D eigenvalue weighted by Gasteiger charge is -2.17. The smallest absolute Gasteiger partial charge is 0.0775 e. The highest BCUT2D eigenvalue weighted by molar-refractivity contribution is 6.88. The number of rotatable bonds is 4. The number of pyridine rings is 2. The molecule has 0 aliphatic carbocycles. The van der Waals surface area contributed by atoms with E-state index in [1.165, 1.54) is 32.6 Å². The molecule has 3 heteroatoms. The number of hydrogen-bond donors (Lipinski definition) is 0. The van der Waals surface area contributed by atoms with E-state index < -0.39 is 8.07 Å². The van der Waals surface area contributed by atoms with Crippen molar-refractivity contribution >= 4 is 34.9 Å². The molecular weight excluding hydrogens is 452 g/mol. The fourth-order valence-corrected chi connectivity index (χ4v) is 5.88. The summed E-state index contributed by atoms with van der Waals surface area (Å²) in [7, 11) is -1.28. The molecule has 2 heterocycles. The van der Waals surface area contributed by atoms with E-state index >= 15 is 0 Å². The van der Waals surface area contributed by atoms with E-state index in [0.717, 1.165) is 27.7 Å². The highest BCUT2D eigenvalue weighted by Gasteiger charge is 2.15. The van der Waals surface area contributed by atoms with Crippen molar-refractivity contribution in [3.63, 3.8) is 0 Å². The quantitative estimate of drug-likeness (QED) is 0.237. The van der Waals surface area contributed by atoms with Crippen molar-refractivity contribution in [3.8, 4) is 33.5 Å². The van der Waals surface area contributed by atoms with Crippen LogP contribution in [0.2, 0.25) is 19.6 Å². The monoisotopic (exact) mass is 480 g/mol. The van der Waals surface area contributed by atoms with Crippen LogP contribution >= 0.6 is 0 Å². The summed E-state index contributed by atoms with van der Waals surface area (Å²) in [4.78, 5) is 9.33. The molecule has 0 aliphatic heterocycles. The van der Waals surface area contributed by atoms with Crippen LogP contribution in [0, 0.1) is 0 Å². The Labute approximate surface area is 213 Å². The van der Waals surface area contributed by atoms with Gasteiger partial charge in [0, 0.05) is 28.9 Å². The molecule has 0 saturated heterocycles. The Bertz CT molecular complexity index is 1700. The first-order chi connectivity index (χ1) is 17.4. The standard InChI is InChI=1S/C33H28N2Si/c1-36(2,3)31-15-12-23(13-16-31)24-8-9-26-19-27(11-10-25(26)18-24)29-14-17-33(34-21-29)30-20-28-6-4-5-7-32(28)35-22-30/h4-22H,1-3H3. The highest BCUT2D eigenvalue weighted by atomic mass is 28.3. The predicted molar refractivity (Wildman–Crippen MR) is 156 cm³/mol. The summed E-state index contributed by atoms with van der Waals surface area (Å²) in [6, 6.07) is 37.1. The van der Waals surface area contributed by atoms with Gasteiger partial charge in [0.15, 0.2) is 0 Å². The number of para-hydroxylation sites is 1. The Morgan fingerprint density at radius 1 is 0.472 bits per heavy atom. The normalized spacial score (nSPS) is 11.8. The van der Waals surface area contributed by atoms with Crippen LogP contribution in [0.1, 0.15) is 0 Å². The molecule has 4 aromatic carbocycles. The van der Waals surface area contributed by atoms with Gasteiger partial charge in [-0.3, -0.25) is 9.97 Å². The van der Waals surface area contributed by atoms with Gasteiger partial charge in [0.2, 0.25) is 0 Å². The first-order valence-electron chi connectivity index (χ1n) is 12.4. The lowest BCUT2D eigenvalue weighted by Crippen LogP contribution is -2.37. The van der Waals surface area contributed by atoms with E-state index in [-0.39, 0.29) is 0 Å². The number of benzene rings is 4. The summed E-state index contributed by atoms with van der Waals surface area (Å²) in [5.74, 6) is 0. The van der Waals surface area contributed by atoms with E-state index in [2.05, 4.69) is 110 Å². The molecule has 0 radical (unpaired) electrons. The first kappa shape index (κ1) is 22.4. The number of hydrogen-bond acceptors (Lipinski definition) is 2.